The fourth-order valence-electron chi connectivity index (χ4n) is 1.84. The molecule has 9 heteroatoms. The maximum atomic E-state index is 13.4. The predicted octanol–water partition coefficient (Wildman–Crippen LogP) is 3.78. The summed E-state index contributed by atoms with van der Waals surface area (Å²) in [5.41, 5.74) is -1.80. The van der Waals surface area contributed by atoms with E-state index in [1.165, 1.54) is 0 Å². The van der Waals surface area contributed by atoms with E-state index in [1.54, 1.807) is 0 Å². The lowest BCUT2D eigenvalue weighted by Crippen LogP contribution is -2.22. The van der Waals surface area contributed by atoms with Crippen molar-refractivity contribution in [2.24, 2.45) is 0 Å². The Hall–Kier alpha value is -2.97. The average Bonchev–Trinajstić information content (AvgIpc) is 2.52. The van der Waals surface area contributed by atoms with Crippen LogP contribution in [0.2, 0.25) is 0 Å². The molecule has 2 aromatic rings. The number of alkyl halides is 3. The third kappa shape index (κ3) is 4.75. The summed E-state index contributed by atoms with van der Waals surface area (Å²) < 4.78 is 68.5. The van der Waals surface area contributed by atoms with Crippen molar-refractivity contribution in [1.82, 2.24) is 0 Å². The molecule has 0 saturated carbocycles. The third-order valence-electron chi connectivity index (χ3n) is 3.00. The van der Waals surface area contributed by atoms with E-state index in [0.29, 0.717) is 0 Å². The minimum atomic E-state index is -4.51. The molecule has 0 atom stereocenters. The molecule has 4 nitrogen and oxygen atoms in total. The molecule has 0 bridgehead atoms. The Bertz CT molecular complexity index is 767. The minimum Gasteiger partial charge on any atom is -0.452 e. The zero-order chi connectivity index (χ0) is 18.6. The number of esters is 1. The molecule has 0 radical (unpaired) electrons. The first-order valence-electron chi connectivity index (χ1n) is 6.76. The second-order valence-electron chi connectivity index (χ2n) is 4.80. The Labute approximate surface area is 138 Å². The third-order valence-corrected chi connectivity index (χ3v) is 3.00. The lowest BCUT2D eigenvalue weighted by Gasteiger charge is -2.09. The summed E-state index contributed by atoms with van der Waals surface area (Å²) in [6.45, 7) is -0.867. The van der Waals surface area contributed by atoms with Crippen LogP contribution in [0.5, 0.6) is 0 Å². The summed E-state index contributed by atoms with van der Waals surface area (Å²) >= 11 is 0. The second-order valence-corrected chi connectivity index (χ2v) is 4.80. The normalized spacial score (nSPS) is 11.1. The van der Waals surface area contributed by atoms with Gasteiger partial charge in [0.05, 0.1) is 5.56 Å². The zero-order valence-corrected chi connectivity index (χ0v) is 12.4. The SMILES string of the molecule is O=C(COC(=O)c1c(F)cccc1F)Nc1ccc(C(F)(F)F)cc1. The first kappa shape index (κ1) is 18.4. The van der Waals surface area contributed by atoms with Gasteiger partial charge in [-0.25, -0.2) is 13.6 Å². The highest BCUT2D eigenvalue weighted by Gasteiger charge is 2.30. The molecule has 25 heavy (non-hydrogen) atoms. The van der Waals surface area contributed by atoms with Gasteiger partial charge < -0.3 is 10.1 Å². The van der Waals surface area contributed by atoms with Crippen LogP contribution in [0.25, 0.3) is 0 Å². The van der Waals surface area contributed by atoms with Gasteiger partial charge in [-0.15, -0.1) is 0 Å². The molecular formula is C16H10F5NO3. The van der Waals surface area contributed by atoms with E-state index in [4.69, 9.17) is 0 Å². The van der Waals surface area contributed by atoms with Crippen molar-refractivity contribution in [2.75, 3.05) is 11.9 Å². The van der Waals surface area contributed by atoms with Crippen LogP contribution >= 0.6 is 0 Å². The quantitative estimate of drug-likeness (QED) is 0.668. The topological polar surface area (TPSA) is 55.4 Å². The van der Waals surface area contributed by atoms with Crippen molar-refractivity contribution in [3.8, 4) is 0 Å². The maximum absolute atomic E-state index is 13.4. The molecule has 1 N–H and O–H groups in total. The van der Waals surface area contributed by atoms with Crippen LogP contribution in [0.3, 0.4) is 0 Å². The number of benzene rings is 2. The molecule has 1 amide bonds. The van der Waals surface area contributed by atoms with Gasteiger partial charge >= 0.3 is 12.1 Å². The van der Waals surface area contributed by atoms with Crippen LogP contribution in [-0.2, 0) is 15.7 Å². The van der Waals surface area contributed by atoms with E-state index in [9.17, 15) is 31.5 Å². The van der Waals surface area contributed by atoms with Crippen LogP contribution in [0.4, 0.5) is 27.6 Å². The highest BCUT2D eigenvalue weighted by molar-refractivity contribution is 5.95. The molecule has 0 aliphatic rings. The van der Waals surface area contributed by atoms with Gasteiger partial charge in [0, 0.05) is 5.69 Å². The number of amides is 1. The van der Waals surface area contributed by atoms with E-state index >= 15 is 0 Å². The van der Waals surface area contributed by atoms with Crippen LogP contribution in [0.15, 0.2) is 42.5 Å². The Morgan fingerprint density at radius 2 is 1.52 bits per heavy atom. The van der Waals surface area contributed by atoms with Crippen LogP contribution in [0, 0.1) is 11.6 Å². The van der Waals surface area contributed by atoms with Crippen LogP contribution < -0.4 is 5.32 Å². The molecule has 0 spiro atoms. The summed E-state index contributed by atoms with van der Waals surface area (Å²) in [6.07, 6.45) is -4.51. The molecule has 0 unspecified atom stereocenters. The monoisotopic (exact) mass is 359 g/mol. The van der Waals surface area contributed by atoms with Gasteiger partial charge in [0.15, 0.2) is 6.61 Å². The molecule has 0 fully saturated rings. The fraction of sp³-hybridized carbons (Fsp3) is 0.125. The van der Waals surface area contributed by atoms with Gasteiger partial charge in [0.2, 0.25) is 0 Å². The van der Waals surface area contributed by atoms with E-state index in [2.05, 4.69) is 10.1 Å². The molecule has 0 saturated heterocycles. The summed E-state index contributed by atoms with van der Waals surface area (Å²) in [5, 5.41) is 2.19. The van der Waals surface area contributed by atoms with Crippen molar-refractivity contribution in [3.63, 3.8) is 0 Å². The zero-order valence-electron chi connectivity index (χ0n) is 12.4. The van der Waals surface area contributed by atoms with Gasteiger partial charge in [-0.2, -0.15) is 13.2 Å². The van der Waals surface area contributed by atoms with Crippen molar-refractivity contribution in [2.45, 2.75) is 6.18 Å². The average molecular weight is 359 g/mol. The summed E-state index contributed by atoms with van der Waals surface area (Å²) in [7, 11) is 0. The van der Waals surface area contributed by atoms with Gasteiger partial charge in [0.25, 0.3) is 5.91 Å². The number of hydrogen-bond donors (Lipinski definition) is 1. The lowest BCUT2D eigenvalue weighted by molar-refractivity contribution is -0.137. The molecular weight excluding hydrogens is 349 g/mol. The van der Waals surface area contributed by atoms with Crippen molar-refractivity contribution in [3.05, 3.63) is 65.2 Å². The summed E-state index contributed by atoms with van der Waals surface area (Å²) in [5.74, 6) is -4.55. The number of carbonyl (C=O) groups is 2. The van der Waals surface area contributed by atoms with Gasteiger partial charge in [-0.3, -0.25) is 4.79 Å². The van der Waals surface area contributed by atoms with Crippen LogP contribution in [-0.4, -0.2) is 18.5 Å². The Morgan fingerprint density at radius 1 is 0.960 bits per heavy atom. The van der Waals surface area contributed by atoms with Gasteiger partial charge in [0.1, 0.15) is 17.2 Å². The lowest BCUT2D eigenvalue weighted by atomic mass is 10.2. The highest BCUT2D eigenvalue weighted by atomic mass is 19.4. The van der Waals surface area contributed by atoms with Crippen molar-refractivity contribution >= 4 is 17.6 Å². The van der Waals surface area contributed by atoms with E-state index in [1.807, 2.05) is 0 Å². The van der Waals surface area contributed by atoms with E-state index in [0.717, 1.165) is 42.5 Å². The Kier molecular flexibility index (Phi) is 5.35. The van der Waals surface area contributed by atoms with Gasteiger partial charge in [-0.1, -0.05) is 6.07 Å². The Balaban J connectivity index is 1.94. The van der Waals surface area contributed by atoms with E-state index in [-0.39, 0.29) is 5.69 Å². The number of ether oxygens (including phenoxy) is 1. The van der Waals surface area contributed by atoms with Crippen molar-refractivity contribution < 1.29 is 36.3 Å². The maximum Gasteiger partial charge on any atom is 0.416 e. The molecule has 132 valence electrons. The molecule has 0 heterocycles. The predicted molar refractivity (Wildman–Crippen MR) is 76.7 cm³/mol. The Morgan fingerprint density at radius 3 is 2.04 bits per heavy atom. The molecule has 2 rings (SSSR count). The highest BCUT2D eigenvalue weighted by Crippen LogP contribution is 2.29. The first-order valence-corrected chi connectivity index (χ1v) is 6.76. The first-order chi connectivity index (χ1) is 11.7. The number of rotatable bonds is 4. The smallest absolute Gasteiger partial charge is 0.416 e. The summed E-state index contributed by atoms with van der Waals surface area (Å²) in [6, 6.07) is 6.30. The standard InChI is InChI=1S/C16H10F5NO3/c17-11-2-1-3-12(18)14(11)15(24)25-8-13(23)22-10-6-4-9(5-7-10)16(19,20)21/h1-7H,8H2,(H,22,23). The number of carbonyl (C=O) groups excluding carboxylic acids is 2. The molecule has 0 aromatic heterocycles. The van der Waals surface area contributed by atoms with Crippen molar-refractivity contribution in [1.29, 1.82) is 0 Å². The second kappa shape index (κ2) is 7.29. The summed E-state index contributed by atoms with van der Waals surface area (Å²) in [4.78, 5) is 23.2. The molecule has 0 aliphatic heterocycles. The number of hydrogen-bond acceptors (Lipinski definition) is 3. The van der Waals surface area contributed by atoms with E-state index < -0.39 is 47.4 Å². The molecule has 0 aliphatic carbocycles. The minimum absolute atomic E-state index is 0.0334. The number of anilines is 1. The fourth-order valence-corrected chi connectivity index (χ4v) is 1.84. The van der Waals surface area contributed by atoms with Gasteiger partial charge in [-0.05, 0) is 36.4 Å². The number of halogens is 5. The van der Waals surface area contributed by atoms with Crippen LogP contribution in [0.1, 0.15) is 15.9 Å². The number of nitrogens with one attached hydrogen (secondary N) is 1. The largest absolute Gasteiger partial charge is 0.452 e. The molecule has 2 aromatic carbocycles.